The molecule has 2 atom stereocenters. The van der Waals surface area contributed by atoms with E-state index >= 15 is 0 Å². The molecule has 0 aromatic carbocycles. The maximum Gasteiger partial charge on any atom is 0.0981 e. The first-order chi connectivity index (χ1) is 7.31. The van der Waals surface area contributed by atoms with Gasteiger partial charge in [0.25, 0.3) is 0 Å². The molecule has 1 saturated heterocycles. The molecule has 84 valence electrons. The Kier molecular flexibility index (Phi) is 3.38. The largest absolute Gasteiger partial charge is 0.387 e. The first kappa shape index (κ1) is 10.6. The molecule has 2 heterocycles. The second-order valence-corrected chi connectivity index (χ2v) is 3.96. The Bertz CT molecular complexity index is 305. The average Bonchev–Trinajstić information content (AvgIpc) is 2.86. The number of hydrogen-bond acceptors (Lipinski definition) is 3. The number of ether oxygens (including phenoxy) is 1. The zero-order chi connectivity index (χ0) is 10.7. The molecule has 1 aliphatic rings. The van der Waals surface area contributed by atoms with Gasteiger partial charge in [0.2, 0.25) is 0 Å². The molecule has 2 rings (SSSR count). The fraction of sp³-hybridized carbons (Fsp3) is 0.727. The summed E-state index contributed by atoms with van der Waals surface area (Å²) in [4.78, 5) is 0. The molecule has 0 aliphatic carbocycles. The molecule has 1 aliphatic heterocycles. The van der Waals surface area contributed by atoms with Crippen molar-refractivity contribution in [1.82, 2.24) is 9.78 Å². The van der Waals surface area contributed by atoms with Crippen LogP contribution in [0.2, 0.25) is 0 Å². The highest BCUT2D eigenvalue weighted by Gasteiger charge is 2.22. The van der Waals surface area contributed by atoms with Gasteiger partial charge in [0, 0.05) is 25.8 Å². The van der Waals surface area contributed by atoms with Gasteiger partial charge >= 0.3 is 0 Å². The van der Waals surface area contributed by atoms with E-state index in [1.54, 1.807) is 6.20 Å². The van der Waals surface area contributed by atoms with Gasteiger partial charge < -0.3 is 9.84 Å². The predicted molar refractivity (Wildman–Crippen MR) is 56.5 cm³/mol. The number of nitrogens with zero attached hydrogens (tertiary/aromatic N) is 2. The molecule has 1 fully saturated rings. The number of hydrogen-bond donors (Lipinski definition) is 1. The highest BCUT2D eigenvalue weighted by molar-refractivity contribution is 5.04. The molecule has 1 aromatic rings. The minimum Gasteiger partial charge on any atom is -0.387 e. The van der Waals surface area contributed by atoms with E-state index in [2.05, 4.69) is 5.10 Å². The first-order valence-electron chi connectivity index (χ1n) is 5.62. The second kappa shape index (κ2) is 4.77. The summed E-state index contributed by atoms with van der Waals surface area (Å²) in [7, 11) is 0. The summed E-state index contributed by atoms with van der Waals surface area (Å²) < 4.78 is 7.34. The van der Waals surface area contributed by atoms with Crippen molar-refractivity contribution in [2.45, 2.75) is 44.9 Å². The lowest BCUT2D eigenvalue weighted by molar-refractivity contribution is 0.0501. The Morgan fingerprint density at radius 3 is 3.27 bits per heavy atom. The summed E-state index contributed by atoms with van der Waals surface area (Å²) in [6.07, 6.45) is 4.38. The van der Waals surface area contributed by atoms with Crippen molar-refractivity contribution < 1.29 is 9.84 Å². The summed E-state index contributed by atoms with van der Waals surface area (Å²) in [5.41, 5.74) is 0.896. The SMILES string of the molecule is CCn1nccc1C(O)CC1CCCO1. The van der Waals surface area contributed by atoms with E-state index in [0.717, 1.165) is 31.7 Å². The third-order valence-corrected chi connectivity index (χ3v) is 2.90. The topological polar surface area (TPSA) is 47.3 Å². The summed E-state index contributed by atoms with van der Waals surface area (Å²) in [5, 5.41) is 14.2. The van der Waals surface area contributed by atoms with Gasteiger partial charge in [-0.1, -0.05) is 0 Å². The van der Waals surface area contributed by atoms with Crippen LogP contribution in [0.4, 0.5) is 0 Å². The number of aliphatic hydroxyl groups excluding tert-OH is 1. The van der Waals surface area contributed by atoms with Crippen molar-refractivity contribution in [3.8, 4) is 0 Å². The lowest BCUT2D eigenvalue weighted by Crippen LogP contribution is -2.14. The summed E-state index contributed by atoms with van der Waals surface area (Å²) >= 11 is 0. The van der Waals surface area contributed by atoms with Crippen LogP contribution >= 0.6 is 0 Å². The Balaban J connectivity index is 1.97. The van der Waals surface area contributed by atoms with E-state index in [1.807, 2.05) is 17.7 Å². The molecule has 0 amide bonds. The van der Waals surface area contributed by atoms with Crippen molar-refractivity contribution >= 4 is 0 Å². The molecule has 0 bridgehead atoms. The molecule has 4 heteroatoms. The maximum absolute atomic E-state index is 10.0. The minimum atomic E-state index is -0.449. The Morgan fingerprint density at radius 1 is 1.73 bits per heavy atom. The van der Waals surface area contributed by atoms with E-state index < -0.39 is 6.10 Å². The molecule has 4 nitrogen and oxygen atoms in total. The van der Waals surface area contributed by atoms with Crippen molar-refractivity contribution in [2.75, 3.05) is 6.61 Å². The third kappa shape index (κ3) is 2.38. The van der Waals surface area contributed by atoms with E-state index in [-0.39, 0.29) is 6.10 Å². The van der Waals surface area contributed by atoms with Crippen molar-refractivity contribution in [1.29, 1.82) is 0 Å². The predicted octanol–water partition coefficient (Wildman–Crippen LogP) is 1.51. The van der Waals surface area contributed by atoms with Gasteiger partial charge in [-0.3, -0.25) is 4.68 Å². The van der Waals surface area contributed by atoms with Crippen LogP contribution in [-0.4, -0.2) is 27.6 Å². The normalized spacial score (nSPS) is 23.2. The van der Waals surface area contributed by atoms with Gasteiger partial charge in [0.05, 0.1) is 17.9 Å². The fourth-order valence-electron chi connectivity index (χ4n) is 2.09. The number of aliphatic hydroxyl groups is 1. The summed E-state index contributed by atoms with van der Waals surface area (Å²) in [5.74, 6) is 0. The van der Waals surface area contributed by atoms with Crippen LogP contribution in [0, 0.1) is 0 Å². The van der Waals surface area contributed by atoms with Crippen molar-refractivity contribution in [2.24, 2.45) is 0 Å². The monoisotopic (exact) mass is 210 g/mol. The van der Waals surface area contributed by atoms with Gasteiger partial charge in [0.15, 0.2) is 0 Å². The summed E-state index contributed by atoms with van der Waals surface area (Å²) in [6, 6.07) is 1.88. The number of rotatable bonds is 4. The fourth-order valence-corrected chi connectivity index (χ4v) is 2.09. The van der Waals surface area contributed by atoms with Crippen LogP contribution in [0.25, 0.3) is 0 Å². The maximum atomic E-state index is 10.0. The van der Waals surface area contributed by atoms with Gasteiger partial charge in [-0.05, 0) is 25.8 Å². The van der Waals surface area contributed by atoms with Crippen LogP contribution in [0.15, 0.2) is 12.3 Å². The van der Waals surface area contributed by atoms with Gasteiger partial charge in [-0.25, -0.2) is 0 Å². The molecule has 1 N–H and O–H groups in total. The van der Waals surface area contributed by atoms with Gasteiger partial charge in [-0.2, -0.15) is 5.10 Å². The summed E-state index contributed by atoms with van der Waals surface area (Å²) in [6.45, 7) is 3.66. The number of aryl methyl sites for hydroxylation is 1. The zero-order valence-electron chi connectivity index (χ0n) is 9.09. The average molecular weight is 210 g/mol. The minimum absolute atomic E-state index is 0.222. The molecule has 15 heavy (non-hydrogen) atoms. The smallest absolute Gasteiger partial charge is 0.0981 e. The van der Waals surface area contributed by atoms with Crippen LogP contribution < -0.4 is 0 Å². The van der Waals surface area contributed by atoms with Crippen molar-refractivity contribution in [3.05, 3.63) is 18.0 Å². The Hall–Kier alpha value is -0.870. The molecule has 0 spiro atoms. The van der Waals surface area contributed by atoms with Crippen LogP contribution in [0.1, 0.15) is 38.0 Å². The van der Waals surface area contributed by atoms with E-state index in [0.29, 0.717) is 6.42 Å². The van der Waals surface area contributed by atoms with Crippen LogP contribution in [0.5, 0.6) is 0 Å². The Labute approximate surface area is 89.9 Å². The van der Waals surface area contributed by atoms with Gasteiger partial charge in [-0.15, -0.1) is 0 Å². The lowest BCUT2D eigenvalue weighted by Gasteiger charge is -2.16. The Morgan fingerprint density at radius 2 is 2.60 bits per heavy atom. The number of aromatic nitrogens is 2. The molecular formula is C11H18N2O2. The van der Waals surface area contributed by atoms with Crippen molar-refractivity contribution in [3.63, 3.8) is 0 Å². The lowest BCUT2D eigenvalue weighted by atomic mass is 10.1. The highest BCUT2D eigenvalue weighted by Crippen LogP contribution is 2.24. The zero-order valence-corrected chi connectivity index (χ0v) is 9.09. The van der Waals surface area contributed by atoms with Crippen LogP contribution in [-0.2, 0) is 11.3 Å². The van der Waals surface area contributed by atoms with E-state index in [9.17, 15) is 5.11 Å². The van der Waals surface area contributed by atoms with Crippen LogP contribution in [0.3, 0.4) is 0 Å². The highest BCUT2D eigenvalue weighted by atomic mass is 16.5. The van der Waals surface area contributed by atoms with E-state index in [1.165, 1.54) is 0 Å². The second-order valence-electron chi connectivity index (χ2n) is 3.96. The molecular weight excluding hydrogens is 192 g/mol. The molecule has 0 saturated carbocycles. The first-order valence-corrected chi connectivity index (χ1v) is 5.62. The van der Waals surface area contributed by atoms with E-state index in [4.69, 9.17) is 4.74 Å². The standard InChI is InChI=1S/C11H18N2O2/c1-2-13-10(5-6-12-13)11(14)8-9-4-3-7-15-9/h5-6,9,11,14H,2-4,7-8H2,1H3. The third-order valence-electron chi connectivity index (χ3n) is 2.90. The quantitative estimate of drug-likeness (QED) is 0.819. The molecule has 1 aromatic heterocycles. The molecule has 2 unspecified atom stereocenters. The van der Waals surface area contributed by atoms with Gasteiger partial charge in [0.1, 0.15) is 0 Å². The molecule has 0 radical (unpaired) electrons.